The minimum absolute atomic E-state index is 0.156. The average Bonchev–Trinajstić information content (AvgIpc) is 3.18. The van der Waals surface area contributed by atoms with Crippen LogP contribution in [-0.2, 0) is 4.79 Å². The fraction of sp³-hybridized carbons (Fsp3) is 0.0769. The first-order valence-electron chi connectivity index (χ1n) is 10.2. The molecule has 1 heterocycles. The van der Waals surface area contributed by atoms with Gasteiger partial charge in [0.15, 0.2) is 0 Å². The predicted molar refractivity (Wildman–Crippen MR) is 122 cm³/mol. The molecule has 33 heavy (non-hydrogen) atoms. The molecule has 3 aromatic carbocycles. The number of fused-ring (bicyclic) bond motifs is 1. The van der Waals surface area contributed by atoms with Crippen molar-refractivity contribution < 1.29 is 14.0 Å². The van der Waals surface area contributed by atoms with E-state index in [1.54, 1.807) is 24.3 Å². The van der Waals surface area contributed by atoms with Crippen LogP contribution in [0.1, 0.15) is 40.0 Å². The average molecular weight is 438 g/mol. The Kier molecular flexibility index (Phi) is 6.09. The van der Waals surface area contributed by atoms with Gasteiger partial charge in [-0.2, -0.15) is 5.26 Å². The molecule has 0 bridgehead atoms. The molecular weight excluding hydrogens is 419 g/mol. The fourth-order valence-corrected chi connectivity index (χ4v) is 3.50. The van der Waals surface area contributed by atoms with Crippen molar-refractivity contribution in [1.29, 1.82) is 5.26 Å². The molecule has 6 nitrogen and oxygen atoms in total. The maximum atomic E-state index is 13.2. The molecule has 0 saturated heterocycles. The van der Waals surface area contributed by atoms with Gasteiger partial charge in [-0.1, -0.05) is 54.6 Å². The van der Waals surface area contributed by atoms with Crippen molar-refractivity contribution in [2.45, 2.75) is 13.0 Å². The number of amidine groups is 1. The van der Waals surface area contributed by atoms with Crippen LogP contribution < -0.4 is 10.6 Å². The van der Waals surface area contributed by atoms with E-state index in [0.29, 0.717) is 11.1 Å². The quantitative estimate of drug-likeness (QED) is 0.474. The number of hydrogen-bond donors (Lipinski definition) is 2. The monoisotopic (exact) mass is 438 g/mol. The number of aliphatic imine (C=N–C) groups is 1. The number of benzene rings is 3. The Morgan fingerprint density at radius 1 is 0.939 bits per heavy atom. The molecule has 0 fully saturated rings. The molecule has 0 radical (unpaired) electrons. The van der Waals surface area contributed by atoms with Crippen molar-refractivity contribution in [3.63, 3.8) is 0 Å². The SMILES string of the molecule is C[C@@H](NC(=O)/C(C#N)=C1\N=C(NC(=O)c2ccc(F)cc2)c2ccccc21)c1ccccc1. The Bertz CT molecular complexity index is 1320. The van der Waals surface area contributed by atoms with E-state index in [4.69, 9.17) is 0 Å². The molecule has 3 aromatic rings. The van der Waals surface area contributed by atoms with Gasteiger partial charge in [-0.15, -0.1) is 0 Å². The standard InChI is InChI=1S/C26H19FN4O2/c1-16(17-7-3-2-4-8-17)29-26(33)22(15-28)23-20-9-5-6-10-21(20)24(30-23)31-25(32)18-11-13-19(27)14-12-18/h2-14,16H,1H3,(H,29,33)(H,30,31,32)/b23-22-/t16-/m1/s1. The van der Waals surface area contributed by atoms with Crippen LogP contribution in [0.5, 0.6) is 0 Å². The van der Waals surface area contributed by atoms with E-state index in [1.807, 2.05) is 43.3 Å². The summed E-state index contributed by atoms with van der Waals surface area (Å²) < 4.78 is 13.2. The normalized spacial score (nSPS) is 14.4. The number of nitrogens with zero attached hydrogens (tertiary/aromatic N) is 2. The van der Waals surface area contributed by atoms with E-state index in [9.17, 15) is 19.2 Å². The highest BCUT2D eigenvalue weighted by atomic mass is 19.1. The van der Waals surface area contributed by atoms with Gasteiger partial charge in [0.1, 0.15) is 23.3 Å². The number of carbonyl (C=O) groups is 2. The van der Waals surface area contributed by atoms with Crippen molar-refractivity contribution in [2.24, 2.45) is 4.99 Å². The van der Waals surface area contributed by atoms with Crippen LogP contribution in [0.15, 0.2) is 89.4 Å². The van der Waals surface area contributed by atoms with Crippen LogP contribution in [0.4, 0.5) is 4.39 Å². The summed E-state index contributed by atoms with van der Waals surface area (Å²) in [7, 11) is 0. The molecule has 7 heteroatoms. The van der Waals surface area contributed by atoms with E-state index in [1.165, 1.54) is 24.3 Å². The fourth-order valence-electron chi connectivity index (χ4n) is 3.50. The van der Waals surface area contributed by atoms with Gasteiger partial charge in [-0.25, -0.2) is 9.38 Å². The first kappa shape index (κ1) is 21.7. The maximum Gasteiger partial charge on any atom is 0.264 e. The number of carbonyl (C=O) groups excluding carboxylic acids is 2. The summed E-state index contributed by atoms with van der Waals surface area (Å²) in [6, 6.07) is 23.1. The summed E-state index contributed by atoms with van der Waals surface area (Å²) in [6.07, 6.45) is 0. The van der Waals surface area contributed by atoms with Crippen LogP contribution in [0.2, 0.25) is 0 Å². The van der Waals surface area contributed by atoms with Gasteiger partial charge in [0.25, 0.3) is 11.8 Å². The zero-order chi connectivity index (χ0) is 23.4. The van der Waals surface area contributed by atoms with Crippen LogP contribution in [0, 0.1) is 17.1 Å². The third-order valence-corrected chi connectivity index (χ3v) is 5.22. The predicted octanol–water partition coefficient (Wildman–Crippen LogP) is 4.13. The van der Waals surface area contributed by atoms with Gasteiger partial charge in [0, 0.05) is 16.7 Å². The number of halogens is 1. The van der Waals surface area contributed by atoms with Crippen LogP contribution in [0.25, 0.3) is 5.70 Å². The van der Waals surface area contributed by atoms with Crippen molar-refractivity contribution >= 4 is 23.3 Å². The third-order valence-electron chi connectivity index (χ3n) is 5.22. The van der Waals surface area contributed by atoms with Crippen LogP contribution >= 0.6 is 0 Å². The Hall–Kier alpha value is -4.57. The molecule has 0 saturated carbocycles. The number of nitrogens with one attached hydrogen (secondary N) is 2. The molecule has 1 atom stereocenters. The lowest BCUT2D eigenvalue weighted by Gasteiger charge is -2.14. The summed E-state index contributed by atoms with van der Waals surface area (Å²) >= 11 is 0. The summed E-state index contributed by atoms with van der Waals surface area (Å²) in [5.74, 6) is -1.28. The molecule has 0 aromatic heterocycles. The first-order valence-corrected chi connectivity index (χ1v) is 10.2. The Morgan fingerprint density at radius 2 is 1.58 bits per heavy atom. The Morgan fingerprint density at radius 3 is 2.24 bits per heavy atom. The number of amides is 2. The zero-order valence-electron chi connectivity index (χ0n) is 17.7. The lowest BCUT2D eigenvalue weighted by molar-refractivity contribution is -0.117. The molecule has 0 unspecified atom stereocenters. The second kappa shape index (κ2) is 9.28. The minimum atomic E-state index is -0.562. The number of hydrogen-bond acceptors (Lipinski definition) is 4. The van der Waals surface area contributed by atoms with Crippen LogP contribution in [0.3, 0.4) is 0 Å². The summed E-state index contributed by atoms with van der Waals surface area (Å²) in [6.45, 7) is 1.83. The molecule has 0 aliphatic carbocycles. The van der Waals surface area contributed by atoms with Crippen molar-refractivity contribution in [2.75, 3.05) is 0 Å². The van der Waals surface area contributed by atoms with E-state index in [-0.39, 0.29) is 28.7 Å². The van der Waals surface area contributed by atoms with Gasteiger partial charge < -0.3 is 10.6 Å². The Labute approximate surface area is 190 Å². The molecule has 4 rings (SSSR count). The van der Waals surface area contributed by atoms with E-state index in [2.05, 4.69) is 15.6 Å². The third kappa shape index (κ3) is 4.55. The smallest absolute Gasteiger partial charge is 0.264 e. The lowest BCUT2D eigenvalue weighted by Crippen LogP contribution is -2.30. The van der Waals surface area contributed by atoms with E-state index >= 15 is 0 Å². The molecule has 1 aliphatic rings. The molecule has 1 aliphatic heterocycles. The second-order valence-corrected chi connectivity index (χ2v) is 7.41. The number of nitriles is 1. The van der Waals surface area contributed by atoms with Gasteiger partial charge in [-0.05, 0) is 36.8 Å². The van der Waals surface area contributed by atoms with Crippen molar-refractivity contribution in [3.05, 3.63) is 113 Å². The topological polar surface area (TPSA) is 94.3 Å². The highest BCUT2D eigenvalue weighted by Gasteiger charge is 2.27. The lowest BCUT2D eigenvalue weighted by atomic mass is 10.0. The Balaban J connectivity index is 1.65. The largest absolute Gasteiger partial charge is 0.345 e. The highest BCUT2D eigenvalue weighted by Crippen LogP contribution is 2.31. The van der Waals surface area contributed by atoms with Crippen LogP contribution in [-0.4, -0.2) is 17.6 Å². The molecule has 162 valence electrons. The van der Waals surface area contributed by atoms with E-state index < -0.39 is 17.6 Å². The second-order valence-electron chi connectivity index (χ2n) is 7.41. The summed E-state index contributed by atoms with van der Waals surface area (Å²) in [5, 5.41) is 15.3. The van der Waals surface area contributed by atoms with Gasteiger partial charge in [-0.3, -0.25) is 9.59 Å². The van der Waals surface area contributed by atoms with Gasteiger partial charge >= 0.3 is 0 Å². The summed E-state index contributed by atoms with van der Waals surface area (Å²) in [4.78, 5) is 30.0. The maximum absolute atomic E-state index is 13.2. The minimum Gasteiger partial charge on any atom is -0.345 e. The molecule has 0 spiro atoms. The van der Waals surface area contributed by atoms with Crippen molar-refractivity contribution in [1.82, 2.24) is 10.6 Å². The molecule has 2 amide bonds. The highest BCUT2D eigenvalue weighted by molar-refractivity contribution is 6.20. The number of rotatable bonds is 4. The molecular formula is C26H19FN4O2. The zero-order valence-corrected chi connectivity index (χ0v) is 17.7. The van der Waals surface area contributed by atoms with E-state index in [0.717, 1.165) is 5.56 Å². The van der Waals surface area contributed by atoms with Crippen molar-refractivity contribution in [3.8, 4) is 6.07 Å². The molecule has 2 N–H and O–H groups in total. The first-order chi connectivity index (χ1) is 16.0. The van der Waals surface area contributed by atoms with Gasteiger partial charge in [0.2, 0.25) is 0 Å². The summed E-state index contributed by atoms with van der Waals surface area (Å²) in [5.41, 5.74) is 2.32. The van der Waals surface area contributed by atoms with Gasteiger partial charge in [0.05, 0.1) is 11.7 Å².